The molecular weight excluding hydrogens is 218 g/mol. The Balaban J connectivity index is 2.86. The Hall–Kier alpha value is -1.36. The van der Waals surface area contributed by atoms with Crippen LogP contribution in [0.3, 0.4) is 0 Å². The van der Waals surface area contributed by atoms with Crippen molar-refractivity contribution in [2.75, 3.05) is 7.05 Å². The van der Waals surface area contributed by atoms with Gasteiger partial charge in [0.25, 0.3) is 5.56 Å². The molecule has 0 aromatic carbocycles. The normalized spacial score (nSPS) is 10.1. The fourth-order valence-electron chi connectivity index (χ4n) is 1.20. The Kier molecular flexibility index (Phi) is 3.85. The minimum Gasteiger partial charge on any atom is -0.359 e. The van der Waals surface area contributed by atoms with E-state index in [1.54, 1.807) is 14.0 Å². The molecule has 0 aliphatic rings. The molecule has 15 heavy (non-hydrogen) atoms. The topological polar surface area (TPSA) is 64.0 Å². The molecule has 0 atom stereocenters. The molecule has 0 unspecified atom stereocenters. The highest BCUT2D eigenvalue weighted by molar-refractivity contribution is 6.29. The molecule has 0 saturated carbocycles. The Labute approximate surface area is 92.1 Å². The number of carbonyl (C=O) groups excluding carboxylic acids is 1. The largest absolute Gasteiger partial charge is 0.359 e. The van der Waals surface area contributed by atoms with E-state index in [2.05, 4.69) is 10.3 Å². The minimum atomic E-state index is -0.239. The van der Waals surface area contributed by atoms with Gasteiger partial charge in [-0.3, -0.25) is 14.2 Å². The van der Waals surface area contributed by atoms with E-state index in [0.29, 0.717) is 12.4 Å². The zero-order valence-electron chi connectivity index (χ0n) is 8.58. The van der Waals surface area contributed by atoms with Crippen LogP contribution in [0.1, 0.15) is 12.2 Å². The first kappa shape index (κ1) is 11.7. The van der Waals surface area contributed by atoms with Crippen molar-refractivity contribution in [1.82, 2.24) is 14.9 Å². The van der Waals surface area contributed by atoms with Crippen molar-refractivity contribution in [1.29, 1.82) is 0 Å². The maximum absolute atomic E-state index is 11.5. The highest BCUT2D eigenvalue weighted by atomic mass is 35.5. The second-order valence-corrected chi connectivity index (χ2v) is 3.43. The van der Waals surface area contributed by atoms with Crippen molar-refractivity contribution >= 4 is 17.5 Å². The molecule has 1 rings (SSSR count). The predicted molar refractivity (Wildman–Crippen MR) is 56.9 cm³/mol. The van der Waals surface area contributed by atoms with Gasteiger partial charge in [-0.05, 0) is 6.92 Å². The number of rotatable bonds is 3. The summed E-state index contributed by atoms with van der Waals surface area (Å²) in [5.41, 5.74) is -0.239. The van der Waals surface area contributed by atoms with Gasteiger partial charge in [0.05, 0.1) is 0 Å². The molecule has 0 aliphatic carbocycles. The molecule has 82 valence electrons. The molecule has 1 heterocycles. The van der Waals surface area contributed by atoms with Crippen LogP contribution in [0.15, 0.2) is 10.9 Å². The Morgan fingerprint density at radius 3 is 2.87 bits per heavy atom. The lowest BCUT2D eigenvalue weighted by molar-refractivity contribution is -0.120. The number of nitrogens with one attached hydrogen (secondary N) is 1. The lowest BCUT2D eigenvalue weighted by Gasteiger charge is -2.07. The van der Waals surface area contributed by atoms with Gasteiger partial charge in [0, 0.05) is 26.1 Å². The van der Waals surface area contributed by atoms with Crippen molar-refractivity contribution < 1.29 is 4.79 Å². The average Bonchev–Trinajstić information content (AvgIpc) is 2.15. The molecule has 0 radical (unpaired) electrons. The summed E-state index contributed by atoms with van der Waals surface area (Å²) in [7, 11) is 1.55. The first-order valence-electron chi connectivity index (χ1n) is 4.49. The van der Waals surface area contributed by atoms with Gasteiger partial charge in [-0.1, -0.05) is 11.6 Å². The molecule has 1 aromatic heterocycles. The Morgan fingerprint density at radius 2 is 2.33 bits per heavy atom. The predicted octanol–water partition coefficient (Wildman–Crippen LogP) is 0.341. The van der Waals surface area contributed by atoms with Gasteiger partial charge in [0.2, 0.25) is 5.91 Å². The molecule has 0 bridgehead atoms. The van der Waals surface area contributed by atoms with Crippen LogP contribution >= 0.6 is 11.6 Å². The third-order valence-corrected chi connectivity index (χ3v) is 2.20. The maximum Gasteiger partial charge on any atom is 0.254 e. The summed E-state index contributed by atoms with van der Waals surface area (Å²) in [4.78, 5) is 26.4. The third-order valence-electron chi connectivity index (χ3n) is 2.01. The van der Waals surface area contributed by atoms with Crippen molar-refractivity contribution in [2.24, 2.45) is 0 Å². The quantitative estimate of drug-likeness (QED) is 0.761. The minimum absolute atomic E-state index is 0.115. The number of amides is 1. The van der Waals surface area contributed by atoms with Crippen LogP contribution in [-0.2, 0) is 11.3 Å². The molecule has 6 heteroatoms. The standard InChI is InChI=1S/C9H12ClN3O2/c1-6-12-7(10)5-9(15)13(6)4-3-8(14)11-2/h5H,3-4H2,1-2H3,(H,11,14). The summed E-state index contributed by atoms with van der Waals surface area (Å²) < 4.78 is 1.42. The van der Waals surface area contributed by atoms with Gasteiger partial charge in [0.1, 0.15) is 11.0 Å². The van der Waals surface area contributed by atoms with Crippen molar-refractivity contribution in [3.8, 4) is 0 Å². The van der Waals surface area contributed by atoms with Crippen LogP contribution in [0.4, 0.5) is 0 Å². The highest BCUT2D eigenvalue weighted by Crippen LogP contribution is 2.01. The van der Waals surface area contributed by atoms with Crippen LogP contribution in [0.25, 0.3) is 0 Å². The molecule has 0 aliphatic heterocycles. The van der Waals surface area contributed by atoms with Gasteiger partial charge in [-0.15, -0.1) is 0 Å². The summed E-state index contributed by atoms with van der Waals surface area (Å²) >= 11 is 5.61. The maximum atomic E-state index is 11.5. The van der Waals surface area contributed by atoms with E-state index in [4.69, 9.17) is 11.6 Å². The van der Waals surface area contributed by atoms with Gasteiger partial charge in [0.15, 0.2) is 0 Å². The van der Waals surface area contributed by atoms with Gasteiger partial charge in [-0.25, -0.2) is 4.98 Å². The van der Waals surface area contributed by atoms with E-state index in [1.807, 2.05) is 0 Å². The molecular formula is C9H12ClN3O2. The first-order valence-corrected chi connectivity index (χ1v) is 4.87. The first-order chi connectivity index (χ1) is 7.04. The Morgan fingerprint density at radius 1 is 1.67 bits per heavy atom. The van der Waals surface area contributed by atoms with Crippen molar-refractivity contribution in [3.05, 3.63) is 27.4 Å². The SMILES string of the molecule is CNC(=O)CCn1c(C)nc(Cl)cc1=O. The summed E-state index contributed by atoms with van der Waals surface area (Å²) in [5, 5.41) is 2.66. The molecule has 0 fully saturated rings. The molecule has 5 nitrogen and oxygen atoms in total. The van der Waals surface area contributed by atoms with Crippen LogP contribution in [-0.4, -0.2) is 22.5 Å². The number of hydrogen-bond acceptors (Lipinski definition) is 3. The average molecular weight is 230 g/mol. The fourth-order valence-corrected chi connectivity index (χ4v) is 1.41. The zero-order chi connectivity index (χ0) is 11.4. The fraction of sp³-hybridized carbons (Fsp3) is 0.444. The lowest BCUT2D eigenvalue weighted by Crippen LogP contribution is -2.26. The summed E-state index contributed by atoms with van der Waals surface area (Å²) in [6, 6.07) is 1.23. The molecule has 1 amide bonds. The Bertz CT molecular complexity index is 428. The second-order valence-electron chi connectivity index (χ2n) is 3.04. The van der Waals surface area contributed by atoms with Crippen LogP contribution < -0.4 is 10.9 Å². The van der Waals surface area contributed by atoms with E-state index < -0.39 is 0 Å². The summed E-state index contributed by atoms with van der Waals surface area (Å²) in [5.74, 6) is 0.396. The number of nitrogens with zero attached hydrogens (tertiary/aromatic N) is 2. The van der Waals surface area contributed by atoms with Gasteiger partial charge >= 0.3 is 0 Å². The summed E-state index contributed by atoms with van der Waals surface area (Å²) in [6.07, 6.45) is 0.251. The smallest absolute Gasteiger partial charge is 0.254 e. The third kappa shape index (κ3) is 3.06. The van der Waals surface area contributed by atoms with Crippen LogP contribution in [0.5, 0.6) is 0 Å². The number of aryl methyl sites for hydroxylation is 1. The number of aromatic nitrogens is 2. The van der Waals surface area contributed by atoms with Crippen LogP contribution in [0.2, 0.25) is 5.15 Å². The van der Waals surface area contributed by atoms with Crippen molar-refractivity contribution in [2.45, 2.75) is 19.9 Å². The van der Waals surface area contributed by atoms with E-state index in [1.165, 1.54) is 10.6 Å². The number of hydrogen-bond donors (Lipinski definition) is 1. The van der Waals surface area contributed by atoms with E-state index >= 15 is 0 Å². The molecule has 0 spiro atoms. The van der Waals surface area contributed by atoms with Gasteiger partial charge in [-0.2, -0.15) is 0 Å². The van der Waals surface area contributed by atoms with E-state index in [9.17, 15) is 9.59 Å². The van der Waals surface area contributed by atoms with E-state index in [-0.39, 0.29) is 23.0 Å². The molecule has 0 saturated heterocycles. The molecule has 1 aromatic rings. The lowest BCUT2D eigenvalue weighted by atomic mass is 10.4. The molecule has 1 N–H and O–H groups in total. The van der Waals surface area contributed by atoms with Crippen LogP contribution in [0, 0.1) is 6.92 Å². The zero-order valence-corrected chi connectivity index (χ0v) is 9.34. The summed E-state index contributed by atoms with van der Waals surface area (Å²) in [6.45, 7) is 1.99. The van der Waals surface area contributed by atoms with E-state index in [0.717, 1.165) is 0 Å². The highest BCUT2D eigenvalue weighted by Gasteiger charge is 2.05. The number of carbonyl (C=O) groups is 1. The van der Waals surface area contributed by atoms with Gasteiger partial charge < -0.3 is 5.32 Å². The monoisotopic (exact) mass is 229 g/mol. The second kappa shape index (κ2) is 4.93. The van der Waals surface area contributed by atoms with Crippen molar-refractivity contribution in [3.63, 3.8) is 0 Å². The number of halogens is 1.